The Morgan fingerprint density at radius 1 is 1.60 bits per heavy atom. The van der Waals surface area contributed by atoms with Crippen LogP contribution in [0, 0.1) is 5.82 Å². The molecule has 0 aromatic heterocycles. The van der Waals surface area contributed by atoms with E-state index >= 15 is 0 Å². The van der Waals surface area contributed by atoms with Gasteiger partial charge >= 0.3 is 5.97 Å². The molecule has 1 unspecified atom stereocenters. The van der Waals surface area contributed by atoms with E-state index in [0.29, 0.717) is 0 Å². The zero-order chi connectivity index (χ0) is 11.6. The van der Waals surface area contributed by atoms with Crippen molar-refractivity contribution in [1.29, 1.82) is 0 Å². The van der Waals surface area contributed by atoms with Gasteiger partial charge in [-0.3, -0.25) is 0 Å². The van der Waals surface area contributed by atoms with E-state index in [1.165, 1.54) is 0 Å². The average molecular weight is 235 g/mol. The van der Waals surface area contributed by atoms with Crippen LogP contribution in [0.3, 0.4) is 0 Å². The van der Waals surface area contributed by atoms with E-state index in [1.807, 2.05) is 0 Å². The summed E-state index contributed by atoms with van der Waals surface area (Å²) in [6.07, 6.45) is -1.76. The molecule has 4 nitrogen and oxygen atoms in total. The standard InChI is InChI=1S/C9H8ClFO4/c1-15-9(14)8(13)5-2-4(11)3-6(10)7(5)12/h2-3,8,12-13H,1H3. The maximum atomic E-state index is 12.9. The Balaban J connectivity index is 3.19. The van der Waals surface area contributed by atoms with Crippen LogP contribution in [-0.4, -0.2) is 23.3 Å². The predicted octanol–water partition coefficient (Wildman–Crippen LogP) is 1.39. The second-order valence-corrected chi connectivity index (χ2v) is 3.16. The summed E-state index contributed by atoms with van der Waals surface area (Å²) in [5.41, 5.74) is -0.327. The molecule has 1 rings (SSSR count). The van der Waals surface area contributed by atoms with Crippen LogP contribution in [0.1, 0.15) is 11.7 Å². The minimum absolute atomic E-state index is 0.284. The maximum Gasteiger partial charge on any atom is 0.339 e. The first-order valence-corrected chi connectivity index (χ1v) is 4.29. The van der Waals surface area contributed by atoms with Crippen LogP contribution in [-0.2, 0) is 9.53 Å². The number of hydrogen-bond acceptors (Lipinski definition) is 4. The first-order chi connectivity index (χ1) is 6.97. The van der Waals surface area contributed by atoms with E-state index in [2.05, 4.69) is 4.74 Å². The van der Waals surface area contributed by atoms with Crippen molar-refractivity contribution in [2.75, 3.05) is 7.11 Å². The lowest BCUT2D eigenvalue weighted by molar-refractivity contribution is -0.150. The second-order valence-electron chi connectivity index (χ2n) is 2.75. The molecule has 1 atom stereocenters. The third-order valence-corrected chi connectivity index (χ3v) is 2.06. The van der Waals surface area contributed by atoms with Crippen molar-refractivity contribution in [2.24, 2.45) is 0 Å². The Labute approximate surface area is 89.9 Å². The molecule has 0 spiro atoms. The first kappa shape index (κ1) is 11.7. The smallest absolute Gasteiger partial charge is 0.339 e. The minimum atomic E-state index is -1.76. The molecule has 1 aromatic rings. The topological polar surface area (TPSA) is 66.8 Å². The van der Waals surface area contributed by atoms with Crippen molar-refractivity contribution >= 4 is 17.6 Å². The molecule has 6 heteroatoms. The number of carbonyl (C=O) groups excluding carboxylic acids is 1. The van der Waals surface area contributed by atoms with Gasteiger partial charge in [-0.15, -0.1) is 0 Å². The summed E-state index contributed by atoms with van der Waals surface area (Å²) in [5, 5.41) is 18.4. The molecule has 0 saturated heterocycles. The monoisotopic (exact) mass is 234 g/mol. The zero-order valence-corrected chi connectivity index (χ0v) is 8.45. The average Bonchev–Trinajstić information content (AvgIpc) is 2.21. The molecule has 2 N–H and O–H groups in total. The van der Waals surface area contributed by atoms with Crippen LogP contribution in [0.5, 0.6) is 5.75 Å². The van der Waals surface area contributed by atoms with Crippen LogP contribution >= 0.6 is 11.6 Å². The van der Waals surface area contributed by atoms with E-state index in [0.717, 1.165) is 19.2 Å². The summed E-state index contributed by atoms with van der Waals surface area (Å²) in [4.78, 5) is 10.9. The highest BCUT2D eigenvalue weighted by molar-refractivity contribution is 6.32. The Bertz CT molecular complexity index is 394. The number of rotatable bonds is 2. The van der Waals surface area contributed by atoms with Gasteiger partial charge in [0.15, 0.2) is 6.10 Å². The number of hydrogen-bond donors (Lipinski definition) is 2. The summed E-state index contributed by atoms with van der Waals surface area (Å²) < 4.78 is 17.1. The van der Waals surface area contributed by atoms with Gasteiger partial charge in [-0.2, -0.15) is 0 Å². The molecule has 15 heavy (non-hydrogen) atoms. The van der Waals surface area contributed by atoms with Crippen molar-refractivity contribution in [3.05, 3.63) is 28.5 Å². The number of carbonyl (C=O) groups is 1. The molecule has 0 heterocycles. The van der Waals surface area contributed by atoms with Crippen LogP contribution in [0.4, 0.5) is 4.39 Å². The van der Waals surface area contributed by atoms with Crippen molar-refractivity contribution < 1.29 is 24.1 Å². The van der Waals surface area contributed by atoms with Crippen LogP contribution < -0.4 is 0 Å². The fourth-order valence-corrected chi connectivity index (χ4v) is 1.25. The quantitative estimate of drug-likeness (QED) is 0.759. The lowest BCUT2D eigenvalue weighted by atomic mass is 10.1. The summed E-state index contributed by atoms with van der Waals surface area (Å²) in [6.45, 7) is 0. The molecule has 0 aliphatic rings. The molecule has 0 radical (unpaired) electrons. The second kappa shape index (κ2) is 4.46. The van der Waals surface area contributed by atoms with Gasteiger partial charge < -0.3 is 14.9 Å². The van der Waals surface area contributed by atoms with Gasteiger partial charge in [0.2, 0.25) is 0 Å². The number of aromatic hydroxyl groups is 1. The number of halogens is 2. The van der Waals surface area contributed by atoms with Gasteiger partial charge in [0.25, 0.3) is 0 Å². The van der Waals surface area contributed by atoms with E-state index in [9.17, 15) is 19.4 Å². The Hall–Kier alpha value is -1.33. The van der Waals surface area contributed by atoms with Gasteiger partial charge in [0.1, 0.15) is 11.6 Å². The van der Waals surface area contributed by atoms with Gasteiger partial charge in [0, 0.05) is 5.56 Å². The number of phenolic OH excluding ortho intramolecular Hbond substituents is 1. The van der Waals surface area contributed by atoms with Crippen LogP contribution in [0.2, 0.25) is 5.02 Å². The summed E-state index contributed by atoms with van der Waals surface area (Å²) in [7, 11) is 1.06. The Morgan fingerprint density at radius 2 is 2.20 bits per heavy atom. The molecular formula is C9H8ClFO4. The number of methoxy groups -OCH3 is 1. The van der Waals surface area contributed by atoms with E-state index < -0.39 is 23.6 Å². The molecule has 0 aliphatic carbocycles. The number of phenols is 1. The summed E-state index contributed by atoms with van der Waals surface area (Å²) >= 11 is 5.46. The van der Waals surface area contributed by atoms with Gasteiger partial charge in [0.05, 0.1) is 12.1 Å². The van der Waals surface area contributed by atoms with E-state index in [4.69, 9.17) is 11.6 Å². The van der Waals surface area contributed by atoms with Gasteiger partial charge in [-0.1, -0.05) is 11.6 Å². The zero-order valence-electron chi connectivity index (χ0n) is 7.70. The number of ether oxygens (including phenoxy) is 1. The third kappa shape index (κ3) is 2.37. The molecular weight excluding hydrogens is 227 g/mol. The van der Waals surface area contributed by atoms with E-state index in [1.54, 1.807) is 0 Å². The van der Waals surface area contributed by atoms with Crippen molar-refractivity contribution in [3.63, 3.8) is 0 Å². The number of aliphatic hydroxyl groups is 1. The molecule has 0 bridgehead atoms. The van der Waals surface area contributed by atoms with Crippen molar-refractivity contribution in [3.8, 4) is 5.75 Å². The number of esters is 1. The lowest BCUT2D eigenvalue weighted by Crippen LogP contribution is -2.13. The highest BCUT2D eigenvalue weighted by atomic mass is 35.5. The summed E-state index contributed by atoms with van der Waals surface area (Å²) in [5.74, 6) is -2.32. The summed E-state index contributed by atoms with van der Waals surface area (Å²) in [6, 6.07) is 1.67. The van der Waals surface area contributed by atoms with Crippen molar-refractivity contribution in [1.82, 2.24) is 0 Å². The fraction of sp³-hybridized carbons (Fsp3) is 0.222. The maximum absolute atomic E-state index is 12.9. The van der Waals surface area contributed by atoms with Gasteiger partial charge in [-0.25, -0.2) is 9.18 Å². The largest absolute Gasteiger partial charge is 0.506 e. The van der Waals surface area contributed by atoms with Crippen LogP contribution in [0.15, 0.2) is 12.1 Å². The molecule has 0 saturated carbocycles. The normalized spacial score (nSPS) is 12.3. The van der Waals surface area contributed by atoms with Crippen LogP contribution in [0.25, 0.3) is 0 Å². The lowest BCUT2D eigenvalue weighted by Gasteiger charge is -2.11. The minimum Gasteiger partial charge on any atom is -0.506 e. The highest BCUT2D eigenvalue weighted by Gasteiger charge is 2.23. The fourth-order valence-electron chi connectivity index (χ4n) is 1.03. The van der Waals surface area contributed by atoms with E-state index in [-0.39, 0.29) is 10.6 Å². The highest BCUT2D eigenvalue weighted by Crippen LogP contribution is 2.33. The Morgan fingerprint density at radius 3 is 2.73 bits per heavy atom. The third-order valence-electron chi connectivity index (χ3n) is 1.78. The number of aliphatic hydroxyl groups excluding tert-OH is 1. The molecule has 0 aliphatic heterocycles. The SMILES string of the molecule is COC(=O)C(O)c1cc(F)cc(Cl)c1O. The molecule has 1 aromatic carbocycles. The van der Waals surface area contributed by atoms with Gasteiger partial charge in [-0.05, 0) is 12.1 Å². The molecule has 0 amide bonds. The Kier molecular flexibility index (Phi) is 3.49. The predicted molar refractivity (Wildman–Crippen MR) is 50.1 cm³/mol. The molecule has 82 valence electrons. The first-order valence-electron chi connectivity index (χ1n) is 3.91. The number of benzene rings is 1. The molecule has 0 fully saturated rings. The van der Waals surface area contributed by atoms with Crippen molar-refractivity contribution in [2.45, 2.75) is 6.10 Å².